The summed E-state index contributed by atoms with van der Waals surface area (Å²) in [7, 11) is 1.82. The quantitative estimate of drug-likeness (QED) is 0.670. The zero-order valence-electron chi connectivity index (χ0n) is 16.0. The van der Waals surface area contributed by atoms with Crippen molar-refractivity contribution < 1.29 is 9.90 Å². The molecule has 4 rings (SSSR count). The van der Waals surface area contributed by atoms with Crippen LogP contribution in [0, 0.1) is 6.92 Å². The van der Waals surface area contributed by atoms with E-state index in [9.17, 15) is 9.90 Å². The van der Waals surface area contributed by atoms with E-state index in [1.165, 1.54) is 6.33 Å². The molecule has 10 nitrogen and oxygen atoms in total. The zero-order chi connectivity index (χ0) is 19.8. The van der Waals surface area contributed by atoms with Crippen LogP contribution in [0.3, 0.4) is 0 Å². The number of imidazole rings is 1. The minimum absolute atomic E-state index is 0.0258. The molecule has 0 saturated carbocycles. The van der Waals surface area contributed by atoms with Crippen molar-refractivity contribution >= 4 is 23.0 Å². The summed E-state index contributed by atoms with van der Waals surface area (Å²) in [6.45, 7) is 5.17. The van der Waals surface area contributed by atoms with Crippen LogP contribution in [0.15, 0.2) is 18.7 Å². The third-order valence-electron chi connectivity index (χ3n) is 5.06. The van der Waals surface area contributed by atoms with Crippen molar-refractivity contribution in [2.24, 2.45) is 0 Å². The van der Waals surface area contributed by atoms with Crippen LogP contribution in [0.1, 0.15) is 19.2 Å². The van der Waals surface area contributed by atoms with E-state index >= 15 is 0 Å². The number of nitrogens with zero attached hydrogens (tertiary/aromatic N) is 7. The van der Waals surface area contributed by atoms with Gasteiger partial charge in [0.05, 0.1) is 5.56 Å². The highest BCUT2D eigenvalue weighted by Crippen LogP contribution is 2.28. The molecule has 1 fully saturated rings. The Bertz CT molecular complexity index is 1020. The number of rotatable bonds is 5. The van der Waals surface area contributed by atoms with Gasteiger partial charge in [-0.3, -0.25) is 9.69 Å². The van der Waals surface area contributed by atoms with E-state index in [1.54, 1.807) is 12.4 Å². The Balaban J connectivity index is 1.71. The van der Waals surface area contributed by atoms with Crippen LogP contribution in [0.25, 0.3) is 22.6 Å². The molecule has 1 aliphatic rings. The first-order chi connectivity index (χ1) is 13.5. The Kier molecular flexibility index (Phi) is 4.63. The fourth-order valence-electron chi connectivity index (χ4n) is 3.66. The number of hydrogen-bond donors (Lipinski definition) is 2. The summed E-state index contributed by atoms with van der Waals surface area (Å²) in [4.78, 5) is 35.3. The Morgan fingerprint density at radius 3 is 2.68 bits per heavy atom. The maximum atomic E-state index is 11.4. The summed E-state index contributed by atoms with van der Waals surface area (Å²) in [6, 6.07) is -0.523. The molecule has 0 unspecified atom stereocenters. The molecule has 1 saturated heterocycles. The third kappa shape index (κ3) is 3.15. The number of aryl methyl sites for hydroxylation is 2. The second-order valence-corrected chi connectivity index (χ2v) is 6.96. The van der Waals surface area contributed by atoms with Gasteiger partial charge >= 0.3 is 5.97 Å². The van der Waals surface area contributed by atoms with Gasteiger partial charge in [0.1, 0.15) is 24.0 Å². The highest BCUT2D eigenvalue weighted by atomic mass is 16.4. The summed E-state index contributed by atoms with van der Waals surface area (Å²) in [6.07, 6.45) is 5.50. The predicted octanol–water partition coefficient (Wildman–Crippen LogP) is 1.18. The van der Waals surface area contributed by atoms with Crippen molar-refractivity contribution in [3.05, 3.63) is 24.5 Å². The summed E-state index contributed by atoms with van der Waals surface area (Å²) >= 11 is 0. The molecule has 3 aromatic rings. The molecule has 0 aliphatic carbocycles. The SMILES string of the molecule is CCn1c(-c2cnc(C)nc2)nc2c(N[C@H]3C[C@H](C(=O)O)N(C)C3)ncnc21. The van der Waals surface area contributed by atoms with Gasteiger partial charge < -0.3 is 15.0 Å². The van der Waals surface area contributed by atoms with Gasteiger partial charge in [-0.2, -0.15) is 0 Å². The number of likely N-dealkylation sites (N-methyl/N-ethyl adjacent to an activating group) is 1. The average Bonchev–Trinajstić information content (AvgIpc) is 3.23. The molecule has 0 radical (unpaired) electrons. The molecule has 3 aromatic heterocycles. The van der Waals surface area contributed by atoms with Crippen molar-refractivity contribution in [3.8, 4) is 11.4 Å². The summed E-state index contributed by atoms with van der Waals surface area (Å²) < 4.78 is 2.00. The number of carboxylic acid groups (broad SMARTS) is 1. The molecule has 2 atom stereocenters. The molecular formula is C18H22N8O2. The van der Waals surface area contributed by atoms with Gasteiger partial charge in [-0.05, 0) is 27.3 Å². The molecule has 4 heterocycles. The van der Waals surface area contributed by atoms with Crippen LogP contribution in [-0.4, -0.2) is 71.1 Å². The van der Waals surface area contributed by atoms with E-state index in [0.29, 0.717) is 36.7 Å². The van der Waals surface area contributed by atoms with E-state index in [4.69, 9.17) is 4.98 Å². The number of aliphatic carboxylic acids is 1. The topological polar surface area (TPSA) is 122 Å². The molecule has 0 bridgehead atoms. The normalized spacial score (nSPS) is 20.0. The van der Waals surface area contributed by atoms with E-state index in [1.807, 2.05) is 30.4 Å². The van der Waals surface area contributed by atoms with Crippen molar-refractivity contribution in [2.45, 2.75) is 38.9 Å². The molecule has 0 aromatic carbocycles. The minimum atomic E-state index is -0.809. The Hall–Kier alpha value is -3.14. The van der Waals surface area contributed by atoms with Gasteiger partial charge in [-0.1, -0.05) is 0 Å². The van der Waals surface area contributed by atoms with E-state index in [0.717, 1.165) is 17.0 Å². The molecular weight excluding hydrogens is 360 g/mol. The van der Waals surface area contributed by atoms with E-state index in [2.05, 4.69) is 25.3 Å². The van der Waals surface area contributed by atoms with Crippen LogP contribution in [0.4, 0.5) is 5.82 Å². The molecule has 146 valence electrons. The maximum Gasteiger partial charge on any atom is 0.320 e. The summed E-state index contributed by atoms with van der Waals surface area (Å²) in [5.41, 5.74) is 2.18. The van der Waals surface area contributed by atoms with Crippen LogP contribution >= 0.6 is 0 Å². The van der Waals surface area contributed by atoms with Crippen molar-refractivity contribution in [1.29, 1.82) is 0 Å². The highest BCUT2D eigenvalue weighted by Gasteiger charge is 2.35. The Labute approximate surface area is 161 Å². The highest BCUT2D eigenvalue weighted by molar-refractivity contribution is 5.86. The molecule has 28 heavy (non-hydrogen) atoms. The Morgan fingerprint density at radius 1 is 1.29 bits per heavy atom. The van der Waals surface area contributed by atoms with Gasteiger partial charge in [-0.15, -0.1) is 0 Å². The lowest BCUT2D eigenvalue weighted by Gasteiger charge is -2.13. The number of anilines is 1. The van der Waals surface area contributed by atoms with Crippen LogP contribution in [0.5, 0.6) is 0 Å². The summed E-state index contributed by atoms with van der Waals surface area (Å²) in [5.74, 6) is 1.23. The Morgan fingerprint density at radius 2 is 2.04 bits per heavy atom. The van der Waals surface area contributed by atoms with Gasteiger partial charge in [0.15, 0.2) is 17.0 Å². The number of carboxylic acids is 1. The number of nitrogens with one attached hydrogen (secondary N) is 1. The van der Waals surface area contributed by atoms with E-state index < -0.39 is 12.0 Å². The second-order valence-electron chi connectivity index (χ2n) is 6.96. The molecule has 0 amide bonds. The zero-order valence-corrected chi connectivity index (χ0v) is 16.0. The number of likely N-dealkylation sites (tertiary alicyclic amines) is 1. The largest absolute Gasteiger partial charge is 0.480 e. The lowest BCUT2D eigenvalue weighted by Crippen LogP contribution is -2.32. The number of fused-ring (bicyclic) bond motifs is 1. The fourth-order valence-corrected chi connectivity index (χ4v) is 3.66. The number of hydrogen-bond acceptors (Lipinski definition) is 8. The van der Waals surface area contributed by atoms with Crippen LogP contribution in [0.2, 0.25) is 0 Å². The lowest BCUT2D eigenvalue weighted by molar-refractivity contribution is -0.141. The first-order valence-corrected chi connectivity index (χ1v) is 9.17. The molecule has 2 N–H and O–H groups in total. The van der Waals surface area contributed by atoms with Crippen molar-refractivity contribution in [3.63, 3.8) is 0 Å². The van der Waals surface area contributed by atoms with Gasteiger partial charge in [0, 0.05) is 31.5 Å². The maximum absolute atomic E-state index is 11.4. The molecule has 0 spiro atoms. The standard InChI is InChI=1S/C18H22N8O2/c1-4-26-16(11-6-19-10(2)20-7-11)24-14-15(21-9-22-17(14)26)23-12-5-13(18(27)28)25(3)8-12/h6-7,9,12-13H,4-5,8H2,1-3H3,(H,27,28)(H,21,22,23)/t12-,13+/m0/s1. The van der Waals surface area contributed by atoms with Gasteiger partial charge in [0.2, 0.25) is 0 Å². The average molecular weight is 382 g/mol. The minimum Gasteiger partial charge on any atom is -0.480 e. The van der Waals surface area contributed by atoms with Gasteiger partial charge in [0.25, 0.3) is 0 Å². The predicted molar refractivity (Wildman–Crippen MR) is 103 cm³/mol. The van der Waals surface area contributed by atoms with Crippen molar-refractivity contribution in [1.82, 2.24) is 34.4 Å². The number of aromatic nitrogens is 6. The monoisotopic (exact) mass is 382 g/mol. The molecule has 1 aliphatic heterocycles. The summed E-state index contributed by atoms with van der Waals surface area (Å²) in [5, 5.41) is 12.7. The third-order valence-corrected chi connectivity index (χ3v) is 5.06. The first-order valence-electron chi connectivity index (χ1n) is 9.17. The number of carbonyl (C=O) groups is 1. The molecule has 10 heteroatoms. The van der Waals surface area contributed by atoms with E-state index in [-0.39, 0.29) is 6.04 Å². The fraction of sp³-hybridized carbons (Fsp3) is 0.444. The smallest absolute Gasteiger partial charge is 0.320 e. The van der Waals surface area contributed by atoms with Gasteiger partial charge in [-0.25, -0.2) is 24.9 Å². The van der Waals surface area contributed by atoms with Crippen LogP contribution in [-0.2, 0) is 11.3 Å². The lowest BCUT2D eigenvalue weighted by atomic mass is 10.2. The first kappa shape index (κ1) is 18.2. The van der Waals surface area contributed by atoms with Crippen LogP contribution < -0.4 is 5.32 Å². The second kappa shape index (κ2) is 7.12. The van der Waals surface area contributed by atoms with Crippen molar-refractivity contribution in [2.75, 3.05) is 18.9 Å².